The highest BCUT2D eigenvalue weighted by atomic mass is 15.2. The number of hydrogen-bond donors (Lipinski definition) is 2. The number of aromatic nitrogens is 2. The second-order valence-electron chi connectivity index (χ2n) is 4.99. The Morgan fingerprint density at radius 1 is 1.19 bits per heavy atom. The van der Waals surface area contributed by atoms with Gasteiger partial charge in [-0.15, -0.1) is 0 Å². The zero-order valence-corrected chi connectivity index (χ0v) is 12.0. The molecule has 0 aliphatic carbocycles. The first kappa shape index (κ1) is 13.7. The molecule has 106 valence electrons. The second-order valence-corrected chi connectivity index (χ2v) is 4.99. The molecule has 1 aromatic carbocycles. The fraction of sp³-hybridized carbons (Fsp3) is 0.176. The number of rotatable bonds is 4. The van der Waals surface area contributed by atoms with Crippen LogP contribution >= 0.6 is 0 Å². The summed E-state index contributed by atoms with van der Waals surface area (Å²) in [5, 5.41) is 1.11. The molecule has 1 unspecified atom stereocenters. The van der Waals surface area contributed by atoms with Crippen LogP contribution in [-0.2, 0) is 6.42 Å². The highest BCUT2D eigenvalue weighted by Gasteiger charge is 2.16. The van der Waals surface area contributed by atoms with Crippen LogP contribution in [0.2, 0.25) is 0 Å². The van der Waals surface area contributed by atoms with Crippen molar-refractivity contribution in [2.24, 2.45) is 5.84 Å². The van der Waals surface area contributed by atoms with Crippen LogP contribution in [0.4, 0.5) is 0 Å². The van der Waals surface area contributed by atoms with Crippen molar-refractivity contribution in [3.8, 4) is 0 Å². The van der Waals surface area contributed by atoms with Crippen LogP contribution < -0.4 is 11.3 Å². The molecule has 0 saturated heterocycles. The molecule has 21 heavy (non-hydrogen) atoms. The molecule has 1 atom stereocenters. The molecule has 0 fully saturated rings. The first-order chi connectivity index (χ1) is 10.3. The molecule has 4 heteroatoms. The lowest BCUT2D eigenvalue weighted by Crippen LogP contribution is -2.29. The highest BCUT2D eigenvalue weighted by Crippen LogP contribution is 2.26. The van der Waals surface area contributed by atoms with E-state index in [-0.39, 0.29) is 6.04 Å². The molecular formula is C17H18N4. The molecule has 0 saturated carbocycles. The molecule has 2 aromatic heterocycles. The topological polar surface area (TPSA) is 63.8 Å². The van der Waals surface area contributed by atoms with E-state index in [9.17, 15) is 0 Å². The van der Waals surface area contributed by atoms with Crippen molar-refractivity contribution in [3.63, 3.8) is 0 Å². The second kappa shape index (κ2) is 5.99. The number of hydrogen-bond acceptors (Lipinski definition) is 4. The van der Waals surface area contributed by atoms with Crippen LogP contribution in [-0.4, -0.2) is 9.97 Å². The molecule has 3 N–H and O–H groups in total. The number of nitrogens with one attached hydrogen (secondary N) is 1. The van der Waals surface area contributed by atoms with Gasteiger partial charge in [0.05, 0.1) is 11.6 Å². The lowest BCUT2D eigenvalue weighted by Gasteiger charge is -2.19. The molecule has 0 aliphatic heterocycles. The predicted octanol–water partition coefficient (Wildman–Crippen LogP) is 2.74. The van der Waals surface area contributed by atoms with Gasteiger partial charge >= 0.3 is 0 Å². The summed E-state index contributed by atoms with van der Waals surface area (Å²) in [6, 6.07) is 12.1. The monoisotopic (exact) mass is 278 g/mol. The van der Waals surface area contributed by atoms with Gasteiger partial charge in [-0.05, 0) is 41.3 Å². The Labute approximate surface area is 124 Å². The number of nitrogens with zero attached hydrogens (tertiary/aromatic N) is 2. The summed E-state index contributed by atoms with van der Waals surface area (Å²) in [7, 11) is 0. The van der Waals surface area contributed by atoms with E-state index in [0.717, 1.165) is 28.5 Å². The Morgan fingerprint density at radius 3 is 2.86 bits per heavy atom. The van der Waals surface area contributed by atoms with Crippen LogP contribution in [0.1, 0.15) is 29.7 Å². The van der Waals surface area contributed by atoms with Crippen molar-refractivity contribution < 1.29 is 0 Å². The fourth-order valence-corrected chi connectivity index (χ4v) is 2.63. The summed E-state index contributed by atoms with van der Waals surface area (Å²) in [5.74, 6) is 5.81. The molecule has 0 aliphatic rings. The summed E-state index contributed by atoms with van der Waals surface area (Å²) in [6.07, 6.45) is 6.50. The summed E-state index contributed by atoms with van der Waals surface area (Å²) >= 11 is 0. The Balaban J connectivity index is 2.09. The zero-order valence-electron chi connectivity index (χ0n) is 12.0. The van der Waals surface area contributed by atoms with Gasteiger partial charge in [-0.3, -0.25) is 15.8 Å². The minimum atomic E-state index is -0.0833. The number of fused-ring (bicyclic) bond motifs is 1. The average molecular weight is 278 g/mol. The third-order valence-electron chi connectivity index (χ3n) is 3.74. The Kier molecular flexibility index (Phi) is 3.90. The Morgan fingerprint density at radius 2 is 2.05 bits per heavy atom. The van der Waals surface area contributed by atoms with Gasteiger partial charge in [0.1, 0.15) is 0 Å². The lowest BCUT2D eigenvalue weighted by atomic mass is 9.95. The standard InChI is InChI=1S/C17H18N4/c1-2-12-10-19-8-7-15(12)17(21-18)14-9-13-5-3-4-6-16(13)20-11-14/h3-11,17,21H,2,18H2,1H3. The van der Waals surface area contributed by atoms with Crippen molar-refractivity contribution in [2.75, 3.05) is 0 Å². The van der Waals surface area contributed by atoms with Gasteiger partial charge in [0.25, 0.3) is 0 Å². The van der Waals surface area contributed by atoms with Gasteiger partial charge < -0.3 is 0 Å². The molecule has 0 spiro atoms. The van der Waals surface area contributed by atoms with E-state index in [1.807, 2.05) is 36.7 Å². The van der Waals surface area contributed by atoms with Gasteiger partial charge in [0.15, 0.2) is 0 Å². The Bertz CT molecular complexity index is 754. The van der Waals surface area contributed by atoms with Crippen molar-refractivity contribution in [2.45, 2.75) is 19.4 Å². The van der Waals surface area contributed by atoms with E-state index in [2.05, 4.69) is 34.5 Å². The summed E-state index contributed by atoms with van der Waals surface area (Å²) in [4.78, 5) is 8.71. The predicted molar refractivity (Wildman–Crippen MR) is 84.5 cm³/mol. The number of aryl methyl sites for hydroxylation is 1. The molecule has 0 radical (unpaired) electrons. The minimum absolute atomic E-state index is 0.0833. The van der Waals surface area contributed by atoms with E-state index in [1.54, 1.807) is 6.20 Å². The van der Waals surface area contributed by atoms with E-state index in [4.69, 9.17) is 5.84 Å². The third kappa shape index (κ3) is 2.63. The fourth-order valence-electron chi connectivity index (χ4n) is 2.63. The van der Waals surface area contributed by atoms with Crippen molar-refractivity contribution in [1.82, 2.24) is 15.4 Å². The first-order valence-electron chi connectivity index (χ1n) is 7.07. The van der Waals surface area contributed by atoms with Gasteiger partial charge in [-0.1, -0.05) is 25.1 Å². The van der Waals surface area contributed by atoms with Gasteiger partial charge in [-0.25, -0.2) is 5.43 Å². The zero-order chi connectivity index (χ0) is 14.7. The summed E-state index contributed by atoms with van der Waals surface area (Å²) in [6.45, 7) is 2.12. The van der Waals surface area contributed by atoms with E-state index in [1.165, 1.54) is 5.56 Å². The number of benzene rings is 1. The minimum Gasteiger partial charge on any atom is -0.271 e. The van der Waals surface area contributed by atoms with Gasteiger partial charge in [-0.2, -0.15) is 0 Å². The van der Waals surface area contributed by atoms with E-state index < -0.39 is 0 Å². The largest absolute Gasteiger partial charge is 0.271 e. The molecule has 4 nitrogen and oxygen atoms in total. The molecule has 3 aromatic rings. The quantitative estimate of drug-likeness (QED) is 0.569. The molecule has 3 rings (SSSR count). The average Bonchev–Trinajstić information content (AvgIpc) is 2.56. The van der Waals surface area contributed by atoms with Gasteiger partial charge in [0, 0.05) is 24.0 Å². The lowest BCUT2D eigenvalue weighted by molar-refractivity contribution is 0.629. The third-order valence-corrected chi connectivity index (χ3v) is 3.74. The summed E-state index contributed by atoms with van der Waals surface area (Å²) in [5.41, 5.74) is 7.28. The van der Waals surface area contributed by atoms with Crippen molar-refractivity contribution in [1.29, 1.82) is 0 Å². The normalized spacial score (nSPS) is 12.5. The molecule has 2 heterocycles. The maximum Gasteiger partial charge on any atom is 0.0728 e. The van der Waals surface area contributed by atoms with Crippen molar-refractivity contribution >= 4 is 10.9 Å². The maximum absolute atomic E-state index is 5.81. The van der Waals surface area contributed by atoms with Crippen molar-refractivity contribution in [3.05, 3.63) is 71.7 Å². The Hall–Kier alpha value is -2.30. The number of nitrogens with two attached hydrogens (primary N) is 1. The van der Waals surface area contributed by atoms with Crippen LogP contribution in [0.15, 0.2) is 55.0 Å². The molecule has 0 bridgehead atoms. The van der Waals surface area contributed by atoms with Crippen LogP contribution in [0.25, 0.3) is 10.9 Å². The number of hydrazine groups is 1. The number of pyridine rings is 2. The summed E-state index contributed by atoms with van der Waals surface area (Å²) < 4.78 is 0. The maximum atomic E-state index is 5.81. The van der Waals surface area contributed by atoms with Gasteiger partial charge in [0.2, 0.25) is 0 Å². The smallest absolute Gasteiger partial charge is 0.0728 e. The van der Waals surface area contributed by atoms with Crippen LogP contribution in [0, 0.1) is 0 Å². The van der Waals surface area contributed by atoms with E-state index in [0.29, 0.717) is 0 Å². The SMILES string of the molecule is CCc1cnccc1C(NN)c1cnc2ccccc2c1. The first-order valence-corrected chi connectivity index (χ1v) is 7.07. The molecule has 0 amide bonds. The van der Waals surface area contributed by atoms with E-state index >= 15 is 0 Å². The van der Waals surface area contributed by atoms with Crippen LogP contribution in [0.5, 0.6) is 0 Å². The molecular weight excluding hydrogens is 260 g/mol. The van der Waals surface area contributed by atoms with Crippen LogP contribution in [0.3, 0.4) is 0 Å². The number of para-hydroxylation sites is 1. The highest BCUT2D eigenvalue weighted by molar-refractivity contribution is 5.79.